The highest BCUT2D eigenvalue weighted by Crippen LogP contribution is 2.42. The summed E-state index contributed by atoms with van der Waals surface area (Å²) >= 11 is 1.28. The van der Waals surface area contributed by atoms with E-state index in [1.807, 2.05) is 76.2 Å². The van der Waals surface area contributed by atoms with Gasteiger partial charge in [-0.05, 0) is 75.1 Å². The molecule has 1 N–H and O–H groups in total. The minimum Gasteiger partial charge on any atom is -0.321 e. The summed E-state index contributed by atoms with van der Waals surface area (Å²) in [5.41, 5.74) is 6.54. The summed E-state index contributed by atoms with van der Waals surface area (Å²) in [6, 6.07) is 23.2. The van der Waals surface area contributed by atoms with Crippen LogP contribution in [0.4, 0.5) is 11.4 Å². The lowest BCUT2D eigenvalue weighted by Gasteiger charge is -2.20. The number of hydrogen-bond donors (Lipinski definition) is 1. The predicted molar refractivity (Wildman–Crippen MR) is 142 cm³/mol. The molecule has 1 heterocycles. The number of rotatable bonds is 5. The van der Waals surface area contributed by atoms with Gasteiger partial charge >= 0.3 is 0 Å². The largest absolute Gasteiger partial charge is 0.321 e. The summed E-state index contributed by atoms with van der Waals surface area (Å²) < 4.78 is 0. The second-order valence-corrected chi connectivity index (χ2v) is 10.0. The molecule has 176 valence electrons. The predicted octanol–water partition coefficient (Wildman–Crippen LogP) is 5.99. The molecular weight excluding hydrogens is 454 g/mol. The van der Waals surface area contributed by atoms with Crippen LogP contribution in [0.2, 0.25) is 0 Å². The van der Waals surface area contributed by atoms with Crippen LogP contribution in [0.1, 0.15) is 27.8 Å². The van der Waals surface area contributed by atoms with Gasteiger partial charge in [-0.1, -0.05) is 65.4 Å². The van der Waals surface area contributed by atoms with Crippen LogP contribution in [-0.4, -0.2) is 17.1 Å². The van der Waals surface area contributed by atoms with E-state index in [2.05, 4.69) is 17.5 Å². The van der Waals surface area contributed by atoms with Gasteiger partial charge in [-0.2, -0.15) is 5.26 Å². The number of carbonyl (C=O) groups excluding carboxylic acids is 2. The van der Waals surface area contributed by atoms with Crippen LogP contribution in [0.5, 0.6) is 0 Å². The first kappa shape index (κ1) is 24.3. The fourth-order valence-electron chi connectivity index (χ4n) is 3.97. The van der Waals surface area contributed by atoms with Crippen LogP contribution >= 0.6 is 11.8 Å². The van der Waals surface area contributed by atoms with Crippen LogP contribution < -0.4 is 10.2 Å². The molecule has 2 amide bonds. The van der Waals surface area contributed by atoms with Crippen molar-refractivity contribution in [2.75, 3.05) is 10.2 Å². The average Bonchev–Trinajstić information content (AvgIpc) is 3.13. The fraction of sp³-hybridized carbons (Fsp3) is 0.207. The standard InChI is InChI=1S/C29H27N3O2S/c1-18-8-11-23(12-9-18)31-27(33)25(17-30)29-32(24-13-10-20(3)21(4)15-24)28(34)26(35-29)16-22-7-5-6-19(2)14-22/h5-15,26H,16H2,1-4H3,(H,31,33)/b29-25-. The smallest absolute Gasteiger partial charge is 0.269 e. The Morgan fingerprint density at radius 1 is 0.971 bits per heavy atom. The minimum atomic E-state index is -0.531. The van der Waals surface area contributed by atoms with Crippen molar-refractivity contribution in [1.29, 1.82) is 5.26 Å². The zero-order chi connectivity index (χ0) is 25.1. The molecule has 4 rings (SSSR count). The SMILES string of the molecule is Cc1ccc(NC(=O)/C(C#N)=C2\SC(Cc3cccc(C)c3)C(=O)N2c2ccc(C)c(C)c2)cc1. The van der Waals surface area contributed by atoms with Crippen molar-refractivity contribution in [2.24, 2.45) is 0 Å². The maximum Gasteiger partial charge on any atom is 0.269 e. The summed E-state index contributed by atoms with van der Waals surface area (Å²) in [6.45, 7) is 7.97. The first-order chi connectivity index (χ1) is 16.8. The molecule has 0 radical (unpaired) electrons. The highest BCUT2D eigenvalue weighted by Gasteiger charge is 2.41. The van der Waals surface area contributed by atoms with Crippen LogP contribution in [0, 0.1) is 39.0 Å². The van der Waals surface area contributed by atoms with E-state index in [0.29, 0.717) is 22.8 Å². The molecule has 0 aliphatic carbocycles. The molecule has 1 fully saturated rings. The third-order valence-electron chi connectivity index (χ3n) is 6.07. The van der Waals surface area contributed by atoms with Crippen molar-refractivity contribution in [3.63, 3.8) is 0 Å². The van der Waals surface area contributed by atoms with Gasteiger partial charge < -0.3 is 5.32 Å². The highest BCUT2D eigenvalue weighted by molar-refractivity contribution is 8.05. The van der Waals surface area contributed by atoms with Gasteiger partial charge in [-0.3, -0.25) is 14.5 Å². The number of amides is 2. The first-order valence-electron chi connectivity index (χ1n) is 11.4. The molecule has 0 aromatic heterocycles. The molecule has 1 saturated heterocycles. The molecule has 6 heteroatoms. The summed E-state index contributed by atoms with van der Waals surface area (Å²) in [6.07, 6.45) is 0.508. The molecule has 1 atom stereocenters. The van der Waals surface area contributed by atoms with Crippen LogP contribution in [0.25, 0.3) is 0 Å². The van der Waals surface area contributed by atoms with Crippen molar-refractivity contribution in [3.8, 4) is 6.07 Å². The summed E-state index contributed by atoms with van der Waals surface area (Å²) in [7, 11) is 0. The third-order valence-corrected chi connectivity index (χ3v) is 7.33. The molecule has 5 nitrogen and oxygen atoms in total. The van der Waals surface area contributed by atoms with Crippen LogP contribution in [-0.2, 0) is 16.0 Å². The van der Waals surface area contributed by atoms with E-state index in [4.69, 9.17) is 0 Å². The van der Waals surface area contributed by atoms with Gasteiger partial charge in [0.25, 0.3) is 5.91 Å². The van der Waals surface area contributed by atoms with E-state index in [1.165, 1.54) is 16.7 Å². The lowest BCUT2D eigenvalue weighted by molar-refractivity contribution is -0.117. The maximum absolute atomic E-state index is 13.7. The van der Waals surface area contributed by atoms with Gasteiger partial charge in [0.2, 0.25) is 5.91 Å². The Hall–Kier alpha value is -3.82. The Labute approximate surface area is 210 Å². The molecule has 1 unspecified atom stereocenters. The fourth-order valence-corrected chi connectivity index (χ4v) is 5.28. The average molecular weight is 482 g/mol. The number of aryl methyl sites for hydroxylation is 4. The van der Waals surface area contributed by atoms with Gasteiger partial charge in [-0.15, -0.1) is 0 Å². The molecular formula is C29H27N3O2S. The number of nitriles is 1. The summed E-state index contributed by atoms with van der Waals surface area (Å²) in [5, 5.41) is 12.7. The van der Waals surface area contributed by atoms with Crippen LogP contribution in [0.15, 0.2) is 77.3 Å². The quantitative estimate of drug-likeness (QED) is 0.359. The summed E-state index contributed by atoms with van der Waals surface area (Å²) in [5.74, 6) is -0.665. The first-order valence-corrected chi connectivity index (χ1v) is 12.3. The molecule has 1 aliphatic heterocycles. The number of nitrogens with zero attached hydrogens (tertiary/aromatic N) is 2. The number of nitrogens with one attached hydrogen (secondary N) is 1. The number of carbonyl (C=O) groups is 2. The molecule has 0 bridgehead atoms. The number of benzene rings is 3. The monoisotopic (exact) mass is 481 g/mol. The second kappa shape index (κ2) is 10.2. The van der Waals surface area contributed by atoms with E-state index in [-0.39, 0.29) is 11.5 Å². The van der Waals surface area contributed by atoms with E-state index < -0.39 is 11.2 Å². The van der Waals surface area contributed by atoms with Gasteiger partial charge in [0.1, 0.15) is 16.7 Å². The zero-order valence-electron chi connectivity index (χ0n) is 20.3. The molecule has 0 saturated carbocycles. The minimum absolute atomic E-state index is 0.0751. The van der Waals surface area contributed by atoms with Gasteiger partial charge in [-0.25, -0.2) is 0 Å². The summed E-state index contributed by atoms with van der Waals surface area (Å²) in [4.78, 5) is 28.4. The lowest BCUT2D eigenvalue weighted by Crippen LogP contribution is -2.31. The van der Waals surface area contributed by atoms with Crippen molar-refractivity contribution < 1.29 is 9.59 Å². The Kier molecular flexibility index (Phi) is 7.09. The van der Waals surface area contributed by atoms with Crippen molar-refractivity contribution in [1.82, 2.24) is 0 Å². The lowest BCUT2D eigenvalue weighted by atomic mass is 10.1. The Morgan fingerprint density at radius 2 is 1.71 bits per heavy atom. The normalized spacial score (nSPS) is 16.7. The van der Waals surface area contributed by atoms with Gasteiger partial charge in [0, 0.05) is 11.4 Å². The van der Waals surface area contributed by atoms with Crippen molar-refractivity contribution in [3.05, 3.63) is 105 Å². The van der Waals surface area contributed by atoms with Gasteiger partial charge in [0.15, 0.2) is 0 Å². The van der Waals surface area contributed by atoms with Crippen molar-refractivity contribution >= 4 is 35.0 Å². The number of thioether (sulfide) groups is 1. The highest BCUT2D eigenvalue weighted by atomic mass is 32.2. The van der Waals surface area contributed by atoms with E-state index in [0.717, 1.165) is 27.8 Å². The van der Waals surface area contributed by atoms with E-state index in [1.54, 1.807) is 12.1 Å². The molecule has 3 aromatic rings. The molecule has 3 aromatic carbocycles. The van der Waals surface area contributed by atoms with Crippen LogP contribution in [0.3, 0.4) is 0 Å². The van der Waals surface area contributed by atoms with Gasteiger partial charge in [0.05, 0.1) is 5.25 Å². The number of anilines is 2. The molecule has 35 heavy (non-hydrogen) atoms. The van der Waals surface area contributed by atoms with E-state index >= 15 is 0 Å². The Balaban J connectivity index is 1.74. The Morgan fingerprint density at radius 3 is 2.37 bits per heavy atom. The topological polar surface area (TPSA) is 73.2 Å². The third kappa shape index (κ3) is 5.31. The second-order valence-electron chi connectivity index (χ2n) is 8.85. The molecule has 0 spiro atoms. The van der Waals surface area contributed by atoms with Crippen molar-refractivity contribution in [2.45, 2.75) is 39.4 Å². The molecule has 1 aliphatic rings. The van der Waals surface area contributed by atoms with E-state index in [9.17, 15) is 14.9 Å². The Bertz CT molecular complexity index is 1370. The zero-order valence-corrected chi connectivity index (χ0v) is 21.1. The maximum atomic E-state index is 13.7. The number of hydrogen-bond acceptors (Lipinski definition) is 4.